The molecule has 5 heteroatoms. The lowest BCUT2D eigenvalue weighted by atomic mass is 10.1. The minimum Gasteiger partial charge on any atom is -0.178 e. The van der Waals surface area contributed by atoms with Gasteiger partial charge in [0, 0.05) is 0 Å². The fraction of sp³-hybridized carbons (Fsp3) is 1.00. The molecule has 0 amide bonds. The molecule has 0 bridgehead atoms. The van der Waals surface area contributed by atoms with Crippen LogP contribution in [-0.2, 0) is 9.05 Å². The maximum absolute atomic E-state index is 5.54. The second-order valence-electron chi connectivity index (χ2n) is 3.69. The molecule has 1 saturated heterocycles. The minimum atomic E-state index is -1.99. The first-order chi connectivity index (χ1) is 6.06. The molecule has 13 heavy (non-hydrogen) atoms. The predicted molar refractivity (Wildman–Crippen MR) is 59.9 cm³/mol. The Morgan fingerprint density at radius 1 is 1.69 bits per heavy atom. The monoisotopic (exact) mass is 224 g/mol. The molecule has 0 saturated carbocycles. The standard InChI is InChI=1S/C8H19NO2PS/c1-4-10-12(13)9-8(6-11-12)5-7(2)3/h7-9,13H,4-6H2,1-3H3/q+1/t8-,12?/m0/s1. The number of thiol groups is 1. The largest absolute Gasteiger partial charge is 0.409 e. The summed E-state index contributed by atoms with van der Waals surface area (Å²) in [6.07, 6.45) is 1.12. The van der Waals surface area contributed by atoms with Crippen LogP contribution in [0.1, 0.15) is 27.2 Å². The number of rotatable bonds is 4. The molecule has 1 heterocycles. The van der Waals surface area contributed by atoms with Crippen molar-refractivity contribution in [2.75, 3.05) is 13.2 Å². The maximum atomic E-state index is 5.54. The minimum absolute atomic E-state index is 0.414. The van der Waals surface area contributed by atoms with E-state index in [0.717, 1.165) is 13.0 Å². The van der Waals surface area contributed by atoms with Crippen molar-refractivity contribution in [3.05, 3.63) is 0 Å². The average molecular weight is 224 g/mol. The fourth-order valence-corrected chi connectivity index (χ4v) is 4.07. The van der Waals surface area contributed by atoms with Crippen LogP contribution in [0, 0.1) is 5.92 Å². The van der Waals surface area contributed by atoms with Crippen LogP contribution in [0.15, 0.2) is 0 Å². The molecule has 78 valence electrons. The van der Waals surface area contributed by atoms with Gasteiger partial charge in [-0.2, -0.15) is 9.05 Å². The maximum Gasteiger partial charge on any atom is 0.409 e. The fourth-order valence-electron chi connectivity index (χ4n) is 1.44. The highest BCUT2D eigenvalue weighted by atomic mass is 32.7. The molecule has 1 aliphatic rings. The van der Waals surface area contributed by atoms with E-state index in [0.29, 0.717) is 18.6 Å². The van der Waals surface area contributed by atoms with Gasteiger partial charge < -0.3 is 0 Å². The Kier molecular flexibility index (Phi) is 4.46. The highest BCUT2D eigenvalue weighted by Gasteiger charge is 2.48. The van der Waals surface area contributed by atoms with E-state index in [1.807, 2.05) is 6.92 Å². The molecule has 1 unspecified atom stereocenters. The summed E-state index contributed by atoms with van der Waals surface area (Å²) in [7, 11) is -1.99. The average Bonchev–Trinajstić information content (AvgIpc) is 2.31. The van der Waals surface area contributed by atoms with Crippen LogP contribution in [0.25, 0.3) is 0 Å². The van der Waals surface area contributed by atoms with Crippen molar-refractivity contribution in [1.82, 2.24) is 5.09 Å². The third-order valence-corrected chi connectivity index (χ3v) is 4.69. The van der Waals surface area contributed by atoms with Gasteiger partial charge in [-0.1, -0.05) is 13.8 Å². The Morgan fingerprint density at radius 3 is 2.92 bits per heavy atom. The second-order valence-corrected chi connectivity index (χ2v) is 7.08. The second kappa shape index (κ2) is 4.94. The Hall–Kier alpha value is 0.660. The van der Waals surface area contributed by atoms with Crippen LogP contribution in [0.4, 0.5) is 0 Å². The topological polar surface area (TPSA) is 30.5 Å². The predicted octanol–water partition coefficient (Wildman–Crippen LogP) is 2.66. The molecule has 0 radical (unpaired) electrons. The van der Waals surface area contributed by atoms with Crippen molar-refractivity contribution in [2.45, 2.75) is 33.2 Å². The Labute approximate surface area is 86.3 Å². The van der Waals surface area contributed by atoms with E-state index >= 15 is 0 Å². The molecule has 1 fully saturated rings. The highest BCUT2D eigenvalue weighted by molar-refractivity contribution is 8.48. The Morgan fingerprint density at radius 2 is 2.38 bits per heavy atom. The number of hydrogen-bond acceptors (Lipinski definition) is 4. The van der Waals surface area contributed by atoms with Gasteiger partial charge in [0.05, 0.1) is 24.9 Å². The van der Waals surface area contributed by atoms with Crippen LogP contribution in [-0.4, -0.2) is 19.3 Å². The van der Waals surface area contributed by atoms with Crippen molar-refractivity contribution < 1.29 is 9.05 Å². The molecule has 1 N–H and O–H groups in total. The normalized spacial score (nSPS) is 34.4. The van der Waals surface area contributed by atoms with Crippen LogP contribution in [0.5, 0.6) is 0 Å². The smallest absolute Gasteiger partial charge is 0.178 e. The third kappa shape index (κ3) is 3.72. The molecule has 2 atom stereocenters. The summed E-state index contributed by atoms with van der Waals surface area (Å²) in [5.41, 5.74) is 0. The van der Waals surface area contributed by atoms with Crippen molar-refractivity contribution in [3.63, 3.8) is 0 Å². The molecule has 0 aromatic rings. The molecular weight excluding hydrogens is 205 g/mol. The van der Waals surface area contributed by atoms with E-state index in [1.165, 1.54) is 0 Å². The zero-order valence-electron chi connectivity index (χ0n) is 8.49. The third-order valence-electron chi connectivity index (χ3n) is 1.86. The summed E-state index contributed by atoms with van der Waals surface area (Å²) in [6, 6.07) is 0.414. The van der Waals surface area contributed by atoms with Crippen molar-refractivity contribution in [3.8, 4) is 0 Å². The summed E-state index contributed by atoms with van der Waals surface area (Å²) >= 11 is 4.40. The number of hydrogen-bond donors (Lipinski definition) is 2. The van der Waals surface area contributed by atoms with Gasteiger partial charge >= 0.3 is 7.07 Å². The molecule has 3 nitrogen and oxygen atoms in total. The van der Waals surface area contributed by atoms with Crippen molar-refractivity contribution in [1.29, 1.82) is 0 Å². The zero-order valence-corrected chi connectivity index (χ0v) is 10.3. The molecular formula is C8H19NO2PS+. The lowest BCUT2D eigenvalue weighted by Crippen LogP contribution is -2.24. The van der Waals surface area contributed by atoms with E-state index < -0.39 is 7.07 Å². The molecule has 1 rings (SSSR count). The van der Waals surface area contributed by atoms with Gasteiger partial charge in [-0.15, -0.1) is 5.09 Å². The van der Waals surface area contributed by atoms with Gasteiger partial charge in [0.2, 0.25) is 0 Å². The van der Waals surface area contributed by atoms with Crippen LogP contribution in [0.2, 0.25) is 0 Å². The van der Waals surface area contributed by atoms with E-state index in [2.05, 4.69) is 31.2 Å². The van der Waals surface area contributed by atoms with E-state index in [1.54, 1.807) is 0 Å². The Bertz CT molecular complexity index is 170. The molecule has 1 aliphatic heterocycles. The van der Waals surface area contributed by atoms with Gasteiger partial charge in [0.15, 0.2) is 0 Å². The molecule has 0 aromatic heterocycles. The summed E-state index contributed by atoms with van der Waals surface area (Å²) in [6.45, 7) is 7.76. The summed E-state index contributed by atoms with van der Waals surface area (Å²) in [5, 5.41) is 3.33. The SMILES string of the molecule is CCO[P+]1(S)N[C@@H](CC(C)C)CO1. The first-order valence-corrected chi connectivity index (χ1v) is 7.52. The molecule has 0 aromatic carbocycles. The van der Waals surface area contributed by atoms with Gasteiger partial charge in [0.1, 0.15) is 6.61 Å². The van der Waals surface area contributed by atoms with Gasteiger partial charge in [-0.25, -0.2) is 0 Å². The summed E-state index contributed by atoms with van der Waals surface area (Å²) < 4.78 is 11.0. The van der Waals surface area contributed by atoms with Crippen LogP contribution in [0.3, 0.4) is 0 Å². The number of nitrogens with one attached hydrogen (secondary N) is 1. The van der Waals surface area contributed by atoms with Crippen LogP contribution < -0.4 is 5.09 Å². The van der Waals surface area contributed by atoms with E-state index in [9.17, 15) is 0 Å². The zero-order chi connectivity index (χ0) is 9.90. The lowest BCUT2D eigenvalue weighted by Gasteiger charge is -2.11. The lowest BCUT2D eigenvalue weighted by molar-refractivity contribution is 0.271. The highest BCUT2D eigenvalue weighted by Crippen LogP contribution is 2.65. The van der Waals surface area contributed by atoms with Gasteiger partial charge in [-0.3, -0.25) is 0 Å². The van der Waals surface area contributed by atoms with Crippen molar-refractivity contribution in [2.24, 2.45) is 5.92 Å². The quantitative estimate of drug-likeness (QED) is 0.568. The van der Waals surface area contributed by atoms with Gasteiger partial charge in [-0.05, 0) is 19.3 Å². The Balaban J connectivity index is 2.34. The van der Waals surface area contributed by atoms with E-state index in [4.69, 9.17) is 9.05 Å². The summed E-state index contributed by atoms with van der Waals surface area (Å²) in [4.78, 5) is 0. The molecule has 0 aliphatic carbocycles. The van der Waals surface area contributed by atoms with E-state index in [-0.39, 0.29) is 0 Å². The first-order valence-electron chi connectivity index (χ1n) is 4.74. The molecule has 0 spiro atoms. The summed E-state index contributed by atoms with van der Waals surface area (Å²) in [5.74, 6) is 0.683. The first kappa shape index (κ1) is 11.7. The van der Waals surface area contributed by atoms with Crippen molar-refractivity contribution >= 4 is 19.3 Å². The van der Waals surface area contributed by atoms with Gasteiger partial charge in [0.25, 0.3) is 0 Å². The van der Waals surface area contributed by atoms with Crippen LogP contribution >= 0.6 is 19.3 Å².